The van der Waals surface area contributed by atoms with Gasteiger partial charge in [0.25, 0.3) is 0 Å². The van der Waals surface area contributed by atoms with Crippen molar-refractivity contribution < 1.29 is 0 Å². The minimum Gasteiger partial charge on any atom is -0.388 e. The highest BCUT2D eigenvalue weighted by atomic mass is 16.3. The number of nitrogens with one attached hydrogen (secondary N) is 1. The summed E-state index contributed by atoms with van der Waals surface area (Å²) < 4.78 is 0. The molecule has 2 rings (SSSR count). The van der Waals surface area contributed by atoms with Gasteiger partial charge in [0.15, 0.2) is 0 Å². The molecule has 1 N–H and O–H groups in total. The van der Waals surface area contributed by atoms with Crippen LogP contribution in [0.25, 0.3) is 0 Å². The number of anilines is 1. The van der Waals surface area contributed by atoms with Crippen LogP contribution in [0, 0.1) is 11.8 Å². The Morgan fingerprint density at radius 1 is 1.50 bits per heavy atom. The predicted octanol–water partition coefficient (Wildman–Crippen LogP) is 2.77. The van der Waals surface area contributed by atoms with Crippen LogP contribution in [0.4, 0.5) is 5.69 Å². The van der Waals surface area contributed by atoms with Gasteiger partial charge in [-0.05, 0) is 43.5 Å². The van der Waals surface area contributed by atoms with Gasteiger partial charge in [0, 0.05) is 25.3 Å². The van der Waals surface area contributed by atoms with Crippen LogP contribution in [0.2, 0.25) is 0 Å². The van der Waals surface area contributed by atoms with Crippen molar-refractivity contribution >= 4 is 5.69 Å². The first-order valence-electron chi connectivity index (χ1n) is 6.55. The van der Waals surface area contributed by atoms with Crippen molar-refractivity contribution in [3.63, 3.8) is 0 Å². The molecule has 0 radical (unpaired) electrons. The van der Waals surface area contributed by atoms with Crippen molar-refractivity contribution in [2.45, 2.75) is 32.4 Å². The van der Waals surface area contributed by atoms with Gasteiger partial charge in [0.05, 0.1) is 6.54 Å². The molecule has 1 saturated heterocycles. The number of hydrogen-bond donors (Lipinski definition) is 1. The third-order valence-corrected chi connectivity index (χ3v) is 3.74. The van der Waals surface area contributed by atoms with Crippen molar-refractivity contribution in [2.24, 2.45) is 5.18 Å². The van der Waals surface area contributed by atoms with Gasteiger partial charge in [-0.25, -0.2) is 0 Å². The highest BCUT2D eigenvalue weighted by molar-refractivity contribution is 5.52. The summed E-state index contributed by atoms with van der Waals surface area (Å²) in [6.07, 6.45) is 2.27. The molecule has 0 saturated carbocycles. The first-order chi connectivity index (χ1) is 8.74. The highest BCUT2D eigenvalue weighted by Gasteiger charge is 2.24. The lowest BCUT2D eigenvalue weighted by molar-refractivity contribution is 0.250. The summed E-state index contributed by atoms with van der Waals surface area (Å²) in [4.78, 5) is 12.8. The fraction of sp³-hybridized carbons (Fsp3) is 0.571. The summed E-state index contributed by atoms with van der Waals surface area (Å²) in [7, 11) is 1.95. The molecule has 1 aromatic carbocycles. The first kappa shape index (κ1) is 13.0. The summed E-state index contributed by atoms with van der Waals surface area (Å²) in [5.41, 5.74) is 3.73. The van der Waals surface area contributed by atoms with Crippen molar-refractivity contribution in [2.75, 3.05) is 25.5 Å². The van der Waals surface area contributed by atoms with E-state index in [-0.39, 0.29) is 0 Å². The zero-order valence-corrected chi connectivity index (χ0v) is 11.1. The van der Waals surface area contributed by atoms with Gasteiger partial charge >= 0.3 is 0 Å². The van der Waals surface area contributed by atoms with E-state index in [4.69, 9.17) is 0 Å². The standard InChI is InChI=1S/C14H21N3O/c1-11-5-6-12(8-14(11)15-2)10-17-7-3-4-13(17)9-16-18/h5-6,8,13,15H,3-4,7,9-10H2,1-2H3/t13-/m0/s1. The van der Waals surface area contributed by atoms with Crippen molar-refractivity contribution in [3.05, 3.63) is 34.2 Å². The second-order valence-electron chi connectivity index (χ2n) is 4.98. The molecule has 4 nitrogen and oxygen atoms in total. The highest BCUT2D eigenvalue weighted by Crippen LogP contribution is 2.23. The average Bonchev–Trinajstić information content (AvgIpc) is 2.80. The molecule has 0 amide bonds. The Labute approximate surface area is 108 Å². The van der Waals surface area contributed by atoms with E-state index >= 15 is 0 Å². The minimum absolute atomic E-state index is 0.335. The maximum Gasteiger partial charge on any atom is 0.0966 e. The van der Waals surface area contributed by atoms with Crippen LogP contribution in [0.5, 0.6) is 0 Å². The van der Waals surface area contributed by atoms with Crippen LogP contribution in [0.15, 0.2) is 23.4 Å². The summed E-state index contributed by atoms with van der Waals surface area (Å²) in [6, 6.07) is 6.84. The summed E-state index contributed by atoms with van der Waals surface area (Å²) >= 11 is 0. The molecule has 0 spiro atoms. The number of nitrogens with zero attached hydrogens (tertiary/aromatic N) is 2. The van der Waals surface area contributed by atoms with E-state index in [0.717, 1.165) is 19.5 Å². The molecule has 0 aromatic heterocycles. The Balaban J connectivity index is 2.06. The molecule has 1 aromatic rings. The molecule has 1 aliphatic heterocycles. The molecule has 0 aliphatic carbocycles. The van der Waals surface area contributed by atoms with Gasteiger partial charge in [0.2, 0.25) is 0 Å². The Morgan fingerprint density at radius 2 is 2.33 bits per heavy atom. The largest absolute Gasteiger partial charge is 0.388 e. The monoisotopic (exact) mass is 247 g/mol. The number of likely N-dealkylation sites (tertiary alicyclic amines) is 1. The molecule has 1 heterocycles. The van der Waals surface area contributed by atoms with Gasteiger partial charge < -0.3 is 5.32 Å². The van der Waals surface area contributed by atoms with E-state index in [1.54, 1.807) is 0 Å². The number of benzene rings is 1. The molecule has 18 heavy (non-hydrogen) atoms. The molecule has 0 bridgehead atoms. The third kappa shape index (κ3) is 2.88. The number of rotatable bonds is 5. The molecule has 1 atom stereocenters. The second-order valence-corrected chi connectivity index (χ2v) is 4.98. The predicted molar refractivity (Wildman–Crippen MR) is 74.8 cm³/mol. The quantitative estimate of drug-likeness (QED) is 0.814. The molecule has 1 aliphatic rings. The van der Waals surface area contributed by atoms with Gasteiger partial charge in [-0.15, -0.1) is 0 Å². The van der Waals surface area contributed by atoms with Crippen LogP contribution in [0.1, 0.15) is 24.0 Å². The molecule has 1 fully saturated rings. The second kappa shape index (κ2) is 5.96. The summed E-state index contributed by atoms with van der Waals surface area (Å²) in [5.74, 6) is 0. The maximum atomic E-state index is 10.4. The normalized spacial score (nSPS) is 20.0. The minimum atomic E-state index is 0.335. The SMILES string of the molecule is CNc1cc(CN2CCC[C@H]2CN=O)ccc1C. The van der Waals surface area contributed by atoms with Gasteiger partial charge in [-0.3, -0.25) is 4.90 Å². The van der Waals surface area contributed by atoms with E-state index in [0.29, 0.717) is 12.6 Å². The topological polar surface area (TPSA) is 44.7 Å². The number of hydrogen-bond acceptors (Lipinski definition) is 4. The van der Waals surface area contributed by atoms with Crippen LogP contribution in [-0.4, -0.2) is 31.1 Å². The zero-order valence-electron chi connectivity index (χ0n) is 11.1. The number of aryl methyl sites for hydroxylation is 1. The summed E-state index contributed by atoms with van der Waals surface area (Å²) in [6.45, 7) is 4.51. The van der Waals surface area contributed by atoms with Crippen LogP contribution in [-0.2, 0) is 6.54 Å². The van der Waals surface area contributed by atoms with Gasteiger partial charge in [0.1, 0.15) is 0 Å². The fourth-order valence-corrected chi connectivity index (χ4v) is 2.67. The van der Waals surface area contributed by atoms with E-state index < -0.39 is 0 Å². The fourth-order valence-electron chi connectivity index (χ4n) is 2.67. The van der Waals surface area contributed by atoms with Crippen molar-refractivity contribution in [1.29, 1.82) is 0 Å². The van der Waals surface area contributed by atoms with Crippen LogP contribution < -0.4 is 5.32 Å². The van der Waals surface area contributed by atoms with Crippen molar-refractivity contribution in [3.8, 4) is 0 Å². The smallest absolute Gasteiger partial charge is 0.0966 e. The zero-order chi connectivity index (χ0) is 13.0. The lowest BCUT2D eigenvalue weighted by atomic mass is 10.1. The van der Waals surface area contributed by atoms with Gasteiger partial charge in [-0.1, -0.05) is 17.3 Å². The molecule has 0 unspecified atom stereocenters. The summed E-state index contributed by atoms with van der Waals surface area (Å²) in [5, 5.41) is 6.26. The van der Waals surface area contributed by atoms with E-state index in [1.807, 2.05) is 7.05 Å². The Hall–Kier alpha value is -1.42. The maximum absolute atomic E-state index is 10.4. The molecule has 4 heteroatoms. The molecular formula is C14H21N3O. The van der Waals surface area contributed by atoms with Crippen LogP contribution >= 0.6 is 0 Å². The third-order valence-electron chi connectivity index (χ3n) is 3.74. The average molecular weight is 247 g/mol. The van der Waals surface area contributed by atoms with Gasteiger partial charge in [-0.2, -0.15) is 4.91 Å². The van der Waals surface area contributed by atoms with E-state index in [1.165, 1.54) is 23.2 Å². The Morgan fingerprint density at radius 3 is 3.06 bits per heavy atom. The lowest BCUT2D eigenvalue weighted by Gasteiger charge is -2.22. The molecule has 98 valence electrons. The van der Waals surface area contributed by atoms with E-state index in [2.05, 4.69) is 40.5 Å². The Kier molecular flexibility index (Phi) is 4.31. The van der Waals surface area contributed by atoms with Crippen molar-refractivity contribution in [1.82, 2.24) is 4.90 Å². The molecular weight excluding hydrogens is 226 g/mol. The Bertz CT molecular complexity index is 420. The van der Waals surface area contributed by atoms with E-state index in [9.17, 15) is 4.91 Å². The number of nitroso groups, excluding NO2 is 1. The van der Waals surface area contributed by atoms with Crippen LogP contribution in [0.3, 0.4) is 0 Å². The first-order valence-corrected chi connectivity index (χ1v) is 6.55. The lowest BCUT2D eigenvalue weighted by Crippen LogP contribution is -2.31.